The lowest BCUT2D eigenvalue weighted by molar-refractivity contribution is -0.136. The highest BCUT2D eigenvalue weighted by atomic mass is 16.5. The Hall–Kier alpha value is -0.870. The molecule has 1 amide bonds. The van der Waals surface area contributed by atoms with E-state index in [2.05, 4.69) is 18.8 Å². The Bertz CT molecular complexity index is 261. The molecule has 0 radical (unpaired) electrons. The van der Waals surface area contributed by atoms with Crippen LogP contribution in [0.25, 0.3) is 0 Å². The van der Waals surface area contributed by atoms with Gasteiger partial charge in [0.2, 0.25) is 5.91 Å². The molecule has 0 spiro atoms. The number of hydrogen-bond acceptors (Lipinski definition) is 3. The average molecular weight is 254 g/mol. The van der Waals surface area contributed by atoms with Crippen molar-refractivity contribution in [1.29, 1.82) is 0 Å². The third-order valence-electron chi connectivity index (χ3n) is 3.44. The van der Waals surface area contributed by atoms with Crippen LogP contribution in [0, 0.1) is 0 Å². The maximum Gasteiger partial charge on any atom is 0.248 e. The van der Waals surface area contributed by atoms with E-state index in [-0.39, 0.29) is 12.5 Å². The summed E-state index contributed by atoms with van der Waals surface area (Å²) in [5, 5.41) is 3.63. The summed E-state index contributed by atoms with van der Waals surface area (Å²) in [5.41, 5.74) is 0. The second kappa shape index (κ2) is 8.27. The Labute approximate surface area is 110 Å². The van der Waals surface area contributed by atoms with E-state index in [4.69, 9.17) is 4.74 Å². The number of rotatable bonds is 7. The zero-order valence-electron chi connectivity index (χ0n) is 11.7. The summed E-state index contributed by atoms with van der Waals surface area (Å²) >= 11 is 0. The first kappa shape index (κ1) is 15.2. The quantitative estimate of drug-likeness (QED) is 0.701. The van der Waals surface area contributed by atoms with Gasteiger partial charge in [-0.25, -0.2) is 0 Å². The van der Waals surface area contributed by atoms with Crippen LogP contribution in [0.4, 0.5) is 0 Å². The third-order valence-corrected chi connectivity index (χ3v) is 3.44. The predicted molar refractivity (Wildman–Crippen MR) is 73.5 cm³/mol. The molecule has 0 aromatic carbocycles. The molecule has 0 saturated carbocycles. The molecule has 1 fully saturated rings. The number of nitrogens with zero attached hydrogens (tertiary/aromatic N) is 1. The predicted octanol–water partition coefficient (Wildman–Crippen LogP) is 1.57. The summed E-state index contributed by atoms with van der Waals surface area (Å²) in [5.74, 6) is 0.107. The van der Waals surface area contributed by atoms with Gasteiger partial charge in [-0.1, -0.05) is 6.08 Å². The second-order valence-corrected chi connectivity index (χ2v) is 5.02. The van der Waals surface area contributed by atoms with Crippen LogP contribution in [-0.2, 0) is 9.53 Å². The zero-order chi connectivity index (χ0) is 13.4. The number of nitrogens with one attached hydrogen (secondary N) is 1. The van der Waals surface area contributed by atoms with Crippen molar-refractivity contribution in [3.05, 3.63) is 12.7 Å². The number of carbonyl (C=O) groups excluding carboxylic acids is 1. The largest absolute Gasteiger partial charge is 0.375 e. The van der Waals surface area contributed by atoms with Gasteiger partial charge in [0.1, 0.15) is 6.61 Å². The minimum absolute atomic E-state index is 0.107. The number of hydrogen-bond donors (Lipinski definition) is 1. The Morgan fingerprint density at radius 2 is 2.22 bits per heavy atom. The van der Waals surface area contributed by atoms with Crippen molar-refractivity contribution in [1.82, 2.24) is 10.2 Å². The molecular weight excluding hydrogens is 228 g/mol. The summed E-state index contributed by atoms with van der Waals surface area (Å²) in [6, 6.07) is 1.06. The number of methoxy groups -OCH3 is 1. The Morgan fingerprint density at radius 1 is 1.56 bits per heavy atom. The second-order valence-electron chi connectivity index (χ2n) is 5.02. The normalized spacial score (nSPS) is 18.7. The molecule has 1 aliphatic rings. The van der Waals surface area contributed by atoms with E-state index < -0.39 is 0 Å². The SMILES string of the molecule is C=CCCC(C)NC1CCN(C(=O)COC)CC1. The lowest BCUT2D eigenvalue weighted by Gasteiger charge is -2.33. The van der Waals surface area contributed by atoms with Crippen molar-refractivity contribution in [3.8, 4) is 0 Å². The summed E-state index contributed by atoms with van der Waals surface area (Å²) in [7, 11) is 1.56. The van der Waals surface area contributed by atoms with Crippen molar-refractivity contribution in [2.24, 2.45) is 0 Å². The first-order chi connectivity index (χ1) is 8.67. The zero-order valence-corrected chi connectivity index (χ0v) is 11.7. The van der Waals surface area contributed by atoms with Crippen LogP contribution in [0.1, 0.15) is 32.6 Å². The lowest BCUT2D eigenvalue weighted by atomic mass is 10.0. The molecule has 0 bridgehead atoms. The number of carbonyl (C=O) groups is 1. The van der Waals surface area contributed by atoms with Gasteiger partial charge in [-0.05, 0) is 32.6 Å². The van der Waals surface area contributed by atoms with Gasteiger partial charge in [0.05, 0.1) is 0 Å². The maximum absolute atomic E-state index is 11.6. The first-order valence-electron chi connectivity index (χ1n) is 6.81. The molecule has 0 aromatic heterocycles. The minimum atomic E-state index is 0.107. The van der Waals surface area contributed by atoms with E-state index in [0.717, 1.165) is 38.8 Å². The van der Waals surface area contributed by atoms with E-state index in [1.807, 2.05) is 11.0 Å². The topological polar surface area (TPSA) is 41.6 Å². The lowest BCUT2D eigenvalue weighted by Crippen LogP contribution is -2.47. The molecule has 0 aromatic rings. The molecule has 1 heterocycles. The Kier molecular flexibility index (Phi) is 6.98. The molecule has 1 aliphatic heterocycles. The van der Waals surface area contributed by atoms with Crippen LogP contribution >= 0.6 is 0 Å². The van der Waals surface area contributed by atoms with Gasteiger partial charge in [-0.2, -0.15) is 0 Å². The third kappa shape index (κ3) is 5.19. The van der Waals surface area contributed by atoms with E-state index >= 15 is 0 Å². The molecular formula is C14H26N2O2. The summed E-state index contributed by atoms with van der Waals surface area (Å²) < 4.78 is 4.88. The van der Waals surface area contributed by atoms with Crippen LogP contribution < -0.4 is 5.32 Å². The number of ether oxygens (including phenoxy) is 1. The average Bonchev–Trinajstić information content (AvgIpc) is 2.37. The summed E-state index contributed by atoms with van der Waals surface area (Å²) in [6.07, 6.45) is 6.22. The van der Waals surface area contributed by atoms with Gasteiger partial charge in [0.15, 0.2) is 0 Å². The fraction of sp³-hybridized carbons (Fsp3) is 0.786. The van der Waals surface area contributed by atoms with Crippen molar-refractivity contribution in [2.45, 2.75) is 44.7 Å². The fourth-order valence-corrected chi connectivity index (χ4v) is 2.36. The molecule has 1 saturated heterocycles. The minimum Gasteiger partial charge on any atom is -0.375 e. The number of piperidine rings is 1. The van der Waals surface area contributed by atoms with Crippen molar-refractivity contribution in [3.63, 3.8) is 0 Å². The van der Waals surface area contributed by atoms with Gasteiger partial charge in [0.25, 0.3) is 0 Å². The molecule has 1 atom stereocenters. The molecule has 1 N–H and O–H groups in total. The standard InChI is InChI=1S/C14H26N2O2/c1-4-5-6-12(2)15-13-7-9-16(10-8-13)14(17)11-18-3/h4,12-13,15H,1,5-11H2,2-3H3. The van der Waals surface area contributed by atoms with E-state index in [1.54, 1.807) is 7.11 Å². The van der Waals surface area contributed by atoms with Gasteiger partial charge in [-0.3, -0.25) is 4.79 Å². The molecule has 4 nitrogen and oxygen atoms in total. The van der Waals surface area contributed by atoms with Gasteiger partial charge >= 0.3 is 0 Å². The maximum atomic E-state index is 11.6. The molecule has 104 valence electrons. The number of likely N-dealkylation sites (tertiary alicyclic amines) is 1. The smallest absolute Gasteiger partial charge is 0.248 e. The van der Waals surface area contributed by atoms with Gasteiger partial charge < -0.3 is 15.0 Å². The van der Waals surface area contributed by atoms with Crippen molar-refractivity contribution < 1.29 is 9.53 Å². The van der Waals surface area contributed by atoms with Crippen LogP contribution in [0.15, 0.2) is 12.7 Å². The molecule has 1 unspecified atom stereocenters. The first-order valence-corrected chi connectivity index (χ1v) is 6.81. The fourth-order valence-electron chi connectivity index (χ4n) is 2.36. The molecule has 1 rings (SSSR count). The van der Waals surface area contributed by atoms with E-state index in [0.29, 0.717) is 12.1 Å². The van der Waals surface area contributed by atoms with Crippen LogP contribution in [0.5, 0.6) is 0 Å². The van der Waals surface area contributed by atoms with Crippen LogP contribution in [-0.4, -0.2) is 49.7 Å². The number of amides is 1. The highest BCUT2D eigenvalue weighted by molar-refractivity contribution is 5.77. The van der Waals surface area contributed by atoms with Crippen LogP contribution in [0.3, 0.4) is 0 Å². The van der Waals surface area contributed by atoms with E-state index in [9.17, 15) is 4.79 Å². The van der Waals surface area contributed by atoms with Gasteiger partial charge in [-0.15, -0.1) is 6.58 Å². The molecule has 18 heavy (non-hydrogen) atoms. The van der Waals surface area contributed by atoms with Crippen LogP contribution in [0.2, 0.25) is 0 Å². The highest BCUT2D eigenvalue weighted by Crippen LogP contribution is 2.12. The Balaban J connectivity index is 2.22. The molecule has 4 heteroatoms. The van der Waals surface area contributed by atoms with E-state index in [1.165, 1.54) is 0 Å². The monoisotopic (exact) mass is 254 g/mol. The van der Waals surface area contributed by atoms with Crippen molar-refractivity contribution in [2.75, 3.05) is 26.8 Å². The van der Waals surface area contributed by atoms with Crippen molar-refractivity contribution >= 4 is 5.91 Å². The molecule has 0 aliphatic carbocycles. The highest BCUT2D eigenvalue weighted by Gasteiger charge is 2.23. The summed E-state index contributed by atoms with van der Waals surface area (Å²) in [4.78, 5) is 13.5. The Morgan fingerprint density at radius 3 is 2.78 bits per heavy atom. The summed E-state index contributed by atoms with van der Waals surface area (Å²) in [6.45, 7) is 7.84. The van der Waals surface area contributed by atoms with Gasteiger partial charge in [0, 0.05) is 32.3 Å². The number of allylic oxidation sites excluding steroid dienone is 1.